The molecule has 24 heavy (non-hydrogen) atoms. The molecule has 1 unspecified atom stereocenters. The second kappa shape index (κ2) is 7.29. The smallest absolute Gasteiger partial charge is 0.250 e. The Hall–Kier alpha value is -2.64. The zero-order valence-electron chi connectivity index (χ0n) is 14.3. The van der Waals surface area contributed by atoms with E-state index in [1.807, 2.05) is 38.1 Å². The third-order valence-electron chi connectivity index (χ3n) is 3.87. The number of hydrogen-bond acceptors (Lipinski definition) is 3. The number of benzene rings is 1. The number of carbonyl (C=O) groups is 1. The van der Waals surface area contributed by atoms with Crippen LogP contribution >= 0.6 is 0 Å². The number of methoxy groups -OCH3 is 1. The van der Waals surface area contributed by atoms with Gasteiger partial charge in [-0.2, -0.15) is 0 Å². The predicted octanol–water partition coefficient (Wildman–Crippen LogP) is 2.85. The minimum absolute atomic E-state index is 0.169. The van der Waals surface area contributed by atoms with Crippen LogP contribution in [0.15, 0.2) is 43.1 Å². The summed E-state index contributed by atoms with van der Waals surface area (Å²) in [6.07, 6.45) is 8.67. The number of fused-ring (bicyclic) bond motifs is 1. The first-order valence-corrected chi connectivity index (χ1v) is 7.72. The quantitative estimate of drug-likeness (QED) is 0.657. The van der Waals surface area contributed by atoms with Crippen LogP contribution in [0.3, 0.4) is 0 Å². The maximum atomic E-state index is 12.4. The summed E-state index contributed by atoms with van der Waals surface area (Å²) in [7, 11) is 1.53. The van der Waals surface area contributed by atoms with Gasteiger partial charge in [-0.15, -0.1) is 13.0 Å². The van der Waals surface area contributed by atoms with Gasteiger partial charge in [0.2, 0.25) is 5.91 Å². The van der Waals surface area contributed by atoms with Crippen LogP contribution < -0.4 is 5.32 Å². The van der Waals surface area contributed by atoms with Gasteiger partial charge in [0, 0.05) is 30.7 Å². The Bertz CT molecular complexity index is 803. The van der Waals surface area contributed by atoms with Gasteiger partial charge < -0.3 is 10.1 Å². The van der Waals surface area contributed by atoms with Crippen molar-refractivity contribution >= 4 is 16.8 Å². The molecule has 0 radical (unpaired) electrons. The molecule has 0 fully saturated rings. The van der Waals surface area contributed by atoms with Crippen molar-refractivity contribution in [3.63, 3.8) is 0 Å². The van der Waals surface area contributed by atoms with Gasteiger partial charge in [-0.3, -0.25) is 9.78 Å². The molecule has 0 bridgehead atoms. The summed E-state index contributed by atoms with van der Waals surface area (Å²) in [4.78, 5) is 16.7. The molecule has 124 valence electrons. The molecule has 1 aromatic heterocycles. The minimum Gasteiger partial charge on any atom is -0.371 e. The molecule has 4 nitrogen and oxygen atoms in total. The first-order valence-electron chi connectivity index (χ1n) is 7.72. The number of ether oxygens (including phenoxy) is 1. The molecule has 2 rings (SSSR count). The lowest BCUT2D eigenvalue weighted by atomic mass is 10.0. The fraction of sp³-hybridized carbons (Fsp3) is 0.300. The van der Waals surface area contributed by atoms with Crippen LogP contribution in [-0.2, 0) is 16.0 Å². The van der Waals surface area contributed by atoms with E-state index in [2.05, 4.69) is 22.8 Å². The molecular formula is C20H22N2O2. The van der Waals surface area contributed by atoms with Gasteiger partial charge in [-0.1, -0.05) is 18.1 Å². The molecule has 1 heterocycles. The molecule has 1 atom stereocenters. The van der Waals surface area contributed by atoms with Crippen molar-refractivity contribution in [1.29, 1.82) is 0 Å². The van der Waals surface area contributed by atoms with Crippen molar-refractivity contribution in [3.05, 3.63) is 54.2 Å². The fourth-order valence-electron chi connectivity index (χ4n) is 2.33. The monoisotopic (exact) mass is 322 g/mol. The highest BCUT2D eigenvalue weighted by molar-refractivity contribution is 5.83. The molecule has 1 N–H and O–H groups in total. The third-order valence-corrected chi connectivity index (χ3v) is 3.87. The first kappa shape index (κ1) is 17.7. The third kappa shape index (κ3) is 4.21. The summed E-state index contributed by atoms with van der Waals surface area (Å²) in [6.45, 7) is 7.49. The topological polar surface area (TPSA) is 51.2 Å². The molecule has 0 spiro atoms. The Labute approximate surface area is 142 Å². The normalized spacial score (nSPS) is 12.4. The van der Waals surface area contributed by atoms with E-state index in [1.54, 1.807) is 12.3 Å². The second-order valence-electron chi connectivity index (χ2n) is 6.24. The van der Waals surface area contributed by atoms with E-state index in [0.717, 1.165) is 22.0 Å². The lowest BCUT2D eigenvalue weighted by molar-refractivity contribution is -0.132. The molecule has 0 aliphatic carbocycles. The van der Waals surface area contributed by atoms with Crippen LogP contribution in [0.4, 0.5) is 0 Å². The number of pyridine rings is 1. The molecule has 2 aromatic rings. The molecule has 0 aliphatic rings. The van der Waals surface area contributed by atoms with E-state index in [1.165, 1.54) is 7.11 Å². The van der Waals surface area contributed by atoms with Crippen LogP contribution in [-0.4, -0.2) is 29.6 Å². The highest BCUT2D eigenvalue weighted by Crippen LogP contribution is 2.17. The maximum Gasteiger partial charge on any atom is 0.250 e. The molecule has 0 saturated carbocycles. The first-order chi connectivity index (χ1) is 11.4. The average Bonchev–Trinajstić information content (AvgIpc) is 2.58. The Morgan fingerprint density at radius 2 is 2.25 bits per heavy atom. The SMILES string of the molecule is C#Cc1cnc2ccc(CC(OC)C(=O)NC(C)(C)C=C)cc2c1. The number of terminal acetylenes is 1. The number of rotatable bonds is 6. The second-order valence-corrected chi connectivity index (χ2v) is 6.24. The van der Waals surface area contributed by atoms with Crippen LogP contribution in [0, 0.1) is 12.3 Å². The number of hydrogen-bond donors (Lipinski definition) is 1. The van der Waals surface area contributed by atoms with E-state index in [4.69, 9.17) is 11.2 Å². The maximum absolute atomic E-state index is 12.4. The molecular weight excluding hydrogens is 300 g/mol. The summed E-state index contributed by atoms with van der Waals surface area (Å²) in [5.41, 5.74) is 2.09. The van der Waals surface area contributed by atoms with E-state index < -0.39 is 11.6 Å². The molecule has 0 saturated heterocycles. The Kier molecular flexibility index (Phi) is 5.38. The largest absolute Gasteiger partial charge is 0.371 e. The summed E-state index contributed by atoms with van der Waals surface area (Å²) in [5, 5.41) is 3.86. The van der Waals surface area contributed by atoms with Crippen LogP contribution in [0.2, 0.25) is 0 Å². The van der Waals surface area contributed by atoms with Crippen molar-refractivity contribution in [3.8, 4) is 12.3 Å². The Morgan fingerprint density at radius 3 is 2.88 bits per heavy atom. The lowest BCUT2D eigenvalue weighted by Crippen LogP contribution is -2.47. The molecule has 1 amide bonds. The van der Waals surface area contributed by atoms with Crippen LogP contribution in [0.1, 0.15) is 25.0 Å². The van der Waals surface area contributed by atoms with Crippen molar-refractivity contribution in [2.24, 2.45) is 0 Å². The lowest BCUT2D eigenvalue weighted by Gasteiger charge is -2.25. The number of aromatic nitrogens is 1. The van der Waals surface area contributed by atoms with Crippen molar-refractivity contribution in [2.75, 3.05) is 7.11 Å². The van der Waals surface area contributed by atoms with Crippen molar-refractivity contribution < 1.29 is 9.53 Å². The van der Waals surface area contributed by atoms with Crippen LogP contribution in [0.5, 0.6) is 0 Å². The van der Waals surface area contributed by atoms with E-state index in [-0.39, 0.29) is 5.91 Å². The zero-order chi connectivity index (χ0) is 17.7. The average molecular weight is 322 g/mol. The van der Waals surface area contributed by atoms with Gasteiger partial charge in [-0.05, 0) is 37.6 Å². The minimum atomic E-state index is -0.578. The highest BCUT2D eigenvalue weighted by atomic mass is 16.5. The number of nitrogens with one attached hydrogen (secondary N) is 1. The van der Waals surface area contributed by atoms with Crippen LogP contribution in [0.25, 0.3) is 10.9 Å². The number of amides is 1. The number of nitrogens with zero attached hydrogens (tertiary/aromatic N) is 1. The summed E-state index contributed by atoms with van der Waals surface area (Å²) in [6, 6.07) is 7.77. The van der Waals surface area contributed by atoms with E-state index >= 15 is 0 Å². The predicted molar refractivity (Wildman–Crippen MR) is 96.6 cm³/mol. The number of carbonyl (C=O) groups excluding carboxylic acids is 1. The summed E-state index contributed by atoms with van der Waals surface area (Å²) in [5.74, 6) is 2.41. The standard InChI is InChI=1S/C20H22N2O2/c1-6-14-10-16-11-15(8-9-17(16)21-13-14)12-18(24-5)19(23)22-20(3,4)7-2/h1,7-11,13,18H,2,12H2,3-5H3,(H,22,23). The van der Waals surface area contributed by atoms with Gasteiger partial charge in [0.1, 0.15) is 6.10 Å². The van der Waals surface area contributed by atoms with Gasteiger partial charge in [0.15, 0.2) is 0 Å². The molecule has 4 heteroatoms. The van der Waals surface area contributed by atoms with Gasteiger partial charge in [-0.25, -0.2) is 0 Å². The van der Waals surface area contributed by atoms with Gasteiger partial charge in [0.25, 0.3) is 0 Å². The molecule has 1 aromatic carbocycles. The molecule has 0 aliphatic heterocycles. The van der Waals surface area contributed by atoms with E-state index in [0.29, 0.717) is 6.42 Å². The van der Waals surface area contributed by atoms with Gasteiger partial charge >= 0.3 is 0 Å². The summed E-state index contributed by atoms with van der Waals surface area (Å²) < 4.78 is 5.37. The fourth-order valence-corrected chi connectivity index (χ4v) is 2.33. The highest BCUT2D eigenvalue weighted by Gasteiger charge is 2.24. The Balaban J connectivity index is 2.21. The Morgan fingerprint density at radius 1 is 1.50 bits per heavy atom. The van der Waals surface area contributed by atoms with Crippen molar-refractivity contribution in [2.45, 2.75) is 31.9 Å². The summed E-state index contributed by atoms with van der Waals surface area (Å²) >= 11 is 0. The van der Waals surface area contributed by atoms with E-state index in [9.17, 15) is 4.79 Å². The van der Waals surface area contributed by atoms with Crippen molar-refractivity contribution in [1.82, 2.24) is 10.3 Å². The zero-order valence-corrected chi connectivity index (χ0v) is 14.3. The van der Waals surface area contributed by atoms with Gasteiger partial charge in [0.05, 0.1) is 11.1 Å².